The summed E-state index contributed by atoms with van der Waals surface area (Å²) in [7, 11) is 0. The average Bonchev–Trinajstić information content (AvgIpc) is 3.30. The highest BCUT2D eigenvalue weighted by Gasteiger charge is 2.14. The van der Waals surface area contributed by atoms with E-state index in [0.29, 0.717) is 10.7 Å². The molecule has 2 aromatic heterocycles. The van der Waals surface area contributed by atoms with E-state index in [4.69, 9.17) is 4.74 Å². The average molecular weight is 450 g/mol. The second-order valence-electron chi connectivity index (χ2n) is 7.55. The number of hydrogen-bond acceptors (Lipinski definition) is 6. The molecule has 8 nitrogen and oxygen atoms in total. The van der Waals surface area contributed by atoms with Crippen LogP contribution in [0.5, 0.6) is 5.75 Å². The van der Waals surface area contributed by atoms with Crippen LogP contribution in [0.2, 0.25) is 0 Å². The SMILES string of the molecule is CC(=O)Nc1ccc(-c2csc3nc(NC(=O)COc4cc(C)cc(C)c4C)nn23)cc1. The molecule has 2 heterocycles. The Kier molecular flexibility index (Phi) is 5.91. The molecule has 0 radical (unpaired) electrons. The molecule has 0 aliphatic carbocycles. The summed E-state index contributed by atoms with van der Waals surface area (Å²) in [6.45, 7) is 7.31. The van der Waals surface area contributed by atoms with Crippen molar-refractivity contribution in [3.63, 3.8) is 0 Å². The van der Waals surface area contributed by atoms with Crippen molar-refractivity contribution in [2.75, 3.05) is 17.2 Å². The molecule has 0 aliphatic rings. The van der Waals surface area contributed by atoms with Gasteiger partial charge in [-0.2, -0.15) is 4.98 Å². The number of aryl methyl sites for hydroxylation is 2. The van der Waals surface area contributed by atoms with E-state index in [9.17, 15) is 9.59 Å². The highest BCUT2D eigenvalue weighted by atomic mass is 32.1. The fraction of sp³-hybridized carbons (Fsp3) is 0.217. The van der Waals surface area contributed by atoms with E-state index < -0.39 is 0 Å². The maximum absolute atomic E-state index is 12.4. The van der Waals surface area contributed by atoms with Gasteiger partial charge in [0.2, 0.25) is 10.9 Å². The molecule has 9 heteroatoms. The van der Waals surface area contributed by atoms with Crippen LogP contribution >= 0.6 is 11.3 Å². The Morgan fingerprint density at radius 3 is 2.56 bits per heavy atom. The minimum absolute atomic E-state index is 0.121. The first-order valence-electron chi connectivity index (χ1n) is 10.0. The smallest absolute Gasteiger partial charge is 0.264 e. The Bertz CT molecular complexity index is 1310. The second kappa shape index (κ2) is 8.80. The molecule has 32 heavy (non-hydrogen) atoms. The topological polar surface area (TPSA) is 97.6 Å². The van der Waals surface area contributed by atoms with E-state index in [-0.39, 0.29) is 24.4 Å². The lowest BCUT2D eigenvalue weighted by Gasteiger charge is -2.11. The van der Waals surface area contributed by atoms with Crippen LogP contribution in [0.1, 0.15) is 23.6 Å². The predicted octanol–water partition coefficient (Wildman–Crippen LogP) is 4.36. The lowest BCUT2D eigenvalue weighted by molar-refractivity contribution is -0.118. The van der Waals surface area contributed by atoms with Crippen LogP contribution in [-0.4, -0.2) is 33.0 Å². The Morgan fingerprint density at radius 2 is 1.84 bits per heavy atom. The van der Waals surface area contributed by atoms with Crippen molar-refractivity contribution in [3.8, 4) is 17.0 Å². The highest BCUT2D eigenvalue weighted by molar-refractivity contribution is 7.15. The van der Waals surface area contributed by atoms with Crippen molar-refractivity contribution in [1.82, 2.24) is 14.6 Å². The van der Waals surface area contributed by atoms with Gasteiger partial charge in [-0.15, -0.1) is 16.4 Å². The van der Waals surface area contributed by atoms with Gasteiger partial charge in [0.05, 0.1) is 5.69 Å². The van der Waals surface area contributed by atoms with Gasteiger partial charge in [0, 0.05) is 23.6 Å². The molecular weight excluding hydrogens is 426 g/mol. The normalized spacial score (nSPS) is 10.9. The first-order valence-corrected chi connectivity index (χ1v) is 10.9. The lowest BCUT2D eigenvalue weighted by Crippen LogP contribution is -2.21. The number of amides is 2. The van der Waals surface area contributed by atoms with Crippen LogP contribution in [0.3, 0.4) is 0 Å². The van der Waals surface area contributed by atoms with Crippen LogP contribution in [-0.2, 0) is 9.59 Å². The maximum atomic E-state index is 12.4. The third-order valence-corrected chi connectivity index (χ3v) is 5.77. The number of thiazole rings is 1. The molecule has 2 N–H and O–H groups in total. The van der Waals surface area contributed by atoms with Crippen LogP contribution in [0.25, 0.3) is 16.2 Å². The van der Waals surface area contributed by atoms with E-state index in [1.165, 1.54) is 18.3 Å². The van der Waals surface area contributed by atoms with Gasteiger partial charge in [0.1, 0.15) is 5.75 Å². The standard InChI is InChI=1S/C23H23N5O3S/c1-13-9-14(2)15(3)20(10-13)31-11-21(30)25-22-26-23-28(27-22)19(12-32-23)17-5-7-18(8-6-17)24-16(4)29/h5-10,12H,11H2,1-4H3,(H,24,29)(H,25,27,30). The number of carbonyl (C=O) groups is 2. The summed E-state index contributed by atoms with van der Waals surface area (Å²) in [5, 5.41) is 11.8. The fourth-order valence-corrected chi connectivity index (χ4v) is 4.15. The quantitative estimate of drug-likeness (QED) is 0.456. The van der Waals surface area contributed by atoms with Crippen LogP contribution in [0, 0.1) is 20.8 Å². The van der Waals surface area contributed by atoms with Gasteiger partial charge in [-0.05, 0) is 55.7 Å². The molecule has 0 atom stereocenters. The molecular formula is C23H23N5O3S. The molecule has 4 rings (SSSR count). The van der Waals surface area contributed by atoms with Crippen molar-refractivity contribution >= 4 is 39.7 Å². The summed E-state index contributed by atoms with van der Waals surface area (Å²) in [4.78, 5) is 28.6. The maximum Gasteiger partial charge on any atom is 0.264 e. The number of ether oxygens (including phenoxy) is 1. The van der Waals surface area contributed by atoms with Gasteiger partial charge in [-0.1, -0.05) is 18.2 Å². The third-order valence-electron chi connectivity index (χ3n) is 4.96. The molecule has 0 aliphatic heterocycles. The summed E-state index contributed by atoms with van der Waals surface area (Å²) in [5.74, 6) is 0.465. The van der Waals surface area contributed by atoms with Gasteiger partial charge in [-0.25, -0.2) is 4.52 Å². The Hall–Kier alpha value is -3.72. The highest BCUT2D eigenvalue weighted by Crippen LogP contribution is 2.27. The van der Waals surface area contributed by atoms with Gasteiger partial charge in [-0.3, -0.25) is 14.9 Å². The Balaban J connectivity index is 1.45. The molecule has 0 saturated carbocycles. The molecule has 0 spiro atoms. The number of rotatable bonds is 6. The number of nitrogens with one attached hydrogen (secondary N) is 2. The van der Waals surface area contributed by atoms with E-state index in [1.54, 1.807) is 4.52 Å². The van der Waals surface area contributed by atoms with E-state index in [1.807, 2.05) is 56.5 Å². The number of benzene rings is 2. The Morgan fingerprint density at radius 1 is 1.09 bits per heavy atom. The molecule has 2 amide bonds. The van der Waals surface area contributed by atoms with Gasteiger partial charge in [0.15, 0.2) is 6.61 Å². The van der Waals surface area contributed by atoms with Crippen molar-refractivity contribution in [2.24, 2.45) is 0 Å². The number of aromatic nitrogens is 3. The van der Waals surface area contributed by atoms with Crippen molar-refractivity contribution in [2.45, 2.75) is 27.7 Å². The molecule has 0 fully saturated rings. The van der Waals surface area contributed by atoms with E-state index in [2.05, 4.69) is 26.8 Å². The zero-order valence-corrected chi connectivity index (χ0v) is 19.0. The number of fused-ring (bicyclic) bond motifs is 1. The molecule has 0 saturated heterocycles. The summed E-state index contributed by atoms with van der Waals surface area (Å²) in [6.07, 6.45) is 0. The summed E-state index contributed by atoms with van der Waals surface area (Å²) < 4.78 is 7.40. The first-order chi connectivity index (χ1) is 15.3. The first kappa shape index (κ1) is 21.5. The van der Waals surface area contributed by atoms with Gasteiger partial charge >= 0.3 is 0 Å². The van der Waals surface area contributed by atoms with Crippen LogP contribution in [0.15, 0.2) is 41.8 Å². The van der Waals surface area contributed by atoms with Crippen molar-refractivity contribution < 1.29 is 14.3 Å². The summed E-state index contributed by atoms with van der Waals surface area (Å²) >= 11 is 1.42. The zero-order valence-electron chi connectivity index (χ0n) is 18.2. The third kappa shape index (κ3) is 4.62. The molecule has 4 aromatic rings. The number of anilines is 2. The second-order valence-corrected chi connectivity index (χ2v) is 8.39. The van der Waals surface area contributed by atoms with Crippen molar-refractivity contribution in [3.05, 3.63) is 58.5 Å². The zero-order chi connectivity index (χ0) is 22.8. The van der Waals surface area contributed by atoms with E-state index in [0.717, 1.165) is 33.6 Å². The number of hydrogen-bond donors (Lipinski definition) is 2. The van der Waals surface area contributed by atoms with Crippen LogP contribution < -0.4 is 15.4 Å². The molecule has 164 valence electrons. The lowest BCUT2D eigenvalue weighted by atomic mass is 10.1. The fourth-order valence-electron chi connectivity index (χ4n) is 3.32. The Labute approximate surface area is 189 Å². The molecule has 0 bridgehead atoms. The van der Waals surface area contributed by atoms with Gasteiger partial charge < -0.3 is 10.1 Å². The summed E-state index contributed by atoms with van der Waals surface area (Å²) in [6, 6.07) is 11.4. The van der Waals surface area contributed by atoms with Gasteiger partial charge in [0.25, 0.3) is 11.9 Å². The minimum Gasteiger partial charge on any atom is -0.483 e. The van der Waals surface area contributed by atoms with Crippen LogP contribution in [0.4, 0.5) is 11.6 Å². The number of nitrogens with zero attached hydrogens (tertiary/aromatic N) is 3. The minimum atomic E-state index is -0.331. The predicted molar refractivity (Wildman–Crippen MR) is 125 cm³/mol. The number of carbonyl (C=O) groups excluding carboxylic acids is 2. The largest absolute Gasteiger partial charge is 0.483 e. The summed E-state index contributed by atoms with van der Waals surface area (Å²) in [5.41, 5.74) is 5.69. The van der Waals surface area contributed by atoms with Crippen molar-refractivity contribution in [1.29, 1.82) is 0 Å². The monoisotopic (exact) mass is 449 g/mol. The molecule has 2 aromatic carbocycles. The molecule has 0 unspecified atom stereocenters. The van der Waals surface area contributed by atoms with E-state index >= 15 is 0 Å².